The Morgan fingerprint density at radius 1 is 1.29 bits per heavy atom. The highest BCUT2D eigenvalue weighted by atomic mass is 16.6. The fraction of sp³-hybridized carbons (Fsp3) is 0.300. The van der Waals surface area contributed by atoms with Gasteiger partial charge >= 0.3 is 6.09 Å². The van der Waals surface area contributed by atoms with Crippen LogP contribution in [0.25, 0.3) is 16.9 Å². The Labute approximate surface area is 176 Å². The highest BCUT2D eigenvalue weighted by Gasteiger charge is 2.47. The third-order valence-electron chi connectivity index (χ3n) is 5.50. The van der Waals surface area contributed by atoms with Crippen LogP contribution in [0.2, 0.25) is 0 Å². The molecular formula is C20H19N7O4. The first-order chi connectivity index (χ1) is 15.0. The second-order valence-electron chi connectivity index (χ2n) is 7.41. The van der Waals surface area contributed by atoms with Crippen molar-refractivity contribution in [2.45, 2.75) is 32.1 Å². The largest absolute Gasteiger partial charge is 0.442 e. The standard InChI is InChI=1S/C20H19N7O4/c1-11(29)21-9-17-16-7-14-6-12(2-4-15(14)26(16)20(30)31-17)13-3-5-18(22-8-13)27-19(10-28)23-24-25-27/h2-6,8,16-17,28H,7,9-10H2,1H3,(H,21,29)/t16?,17-/m0/s1. The minimum absolute atomic E-state index is 0.137. The molecule has 158 valence electrons. The van der Waals surface area contributed by atoms with Gasteiger partial charge in [0, 0.05) is 18.7 Å². The molecule has 0 bridgehead atoms. The number of hydrogen-bond donors (Lipinski definition) is 2. The quantitative estimate of drug-likeness (QED) is 0.611. The van der Waals surface area contributed by atoms with Crippen LogP contribution in [0.1, 0.15) is 18.3 Å². The van der Waals surface area contributed by atoms with E-state index in [4.69, 9.17) is 4.74 Å². The Morgan fingerprint density at radius 2 is 2.13 bits per heavy atom. The number of amides is 2. The van der Waals surface area contributed by atoms with Gasteiger partial charge in [-0.2, -0.15) is 4.68 Å². The topological polar surface area (TPSA) is 135 Å². The lowest BCUT2D eigenvalue weighted by Gasteiger charge is -2.16. The molecule has 2 amide bonds. The molecule has 11 heteroatoms. The molecule has 1 aromatic carbocycles. The molecule has 0 saturated carbocycles. The average Bonchev–Trinajstić information content (AvgIpc) is 3.47. The molecule has 1 unspecified atom stereocenters. The van der Waals surface area contributed by atoms with Gasteiger partial charge in [-0.3, -0.25) is 9.69 Å². The molecule has 2 atom stereocenters. The predicted molar refractivity (Wildman–Crippen MR) is 107 cm³/mol. The molecule has 5 rings (SSSR count). The number of cyclic esters (lactones) is 1. The lowest BCUT2D eigenvalue weighted by molar-refractivity contribution is -0.119. The number of pyridine rings is 1. The normalized spacial score (nSPS) is 19.2. The maximum Gasteiger partial charge on any atom is 0.415 e. The SMILES string of the molecule is CC(=O)NC[C@@H]1OC(=O)N2c3ccc(-c4ccc(-n5nnnc5CO)nc4)cc3CC12. The van der Waals surface area contributed by atoms with Crippen molar-refractivity contribution < 1.29 is 19.4 Å². The molecular weight excluding hydrogens is 402 g/mol. The van der Waals surface area contributed by atoms with Gasteiger partial charge in [-0.15, -0.1) is 5.10 Å². The van der Waals surface area contributed by atoms with Crippen molar-refractivity contribution in [1.82, 2.24) is 30.5 Å². The monoisotopic (exact) mass is 421 g/mol. The van der Waals surface area contributed by atoms with E-state index in [1.807, 2.05) is 24.3 Å². The summed E-state index contributed by atoms with van der Waals surface area (Å²) in [6, 6.07) is 9.42. The van der Waals surface area contributed by atoms with Crippen molar-refractivity contribution in [3.05, 3.63) is 47.9 Å². The molecule has 1 fully saturated rings. The molecule has 31 heavy (non-hydrogen) atoms. The Hall–Kier alpha value is -3.86. The summed E-state index contributed by atoms with van der Waals surface area (Å²) in [5.74, 6) is 0.651. The van der Waals surface area contributed by atoms with Gasteiger partial charge in [-0.05, 0) is 52.2 Å². The van der Waals surface area contributed by atoms with Gasteiger partial charge in [-0.25, -0.2) is 9.78 Å². The van der Waals surface area contributed by atoms with Gasteiger partial charge in [0.15, 0.2) is 11.6 Å². The molecule has 2 N–H and O–H groups in total. The Balaban J connectivity index is 1.39. The van der Waals surface area contributed by atoms with Crippen LogP contribution in [-0.2, 0) is 22.6 Å². The summed E-state index contributed by atoms with van der Waals surface area (Å²) in [5.41, 5.74) is 3.73. The maximum absolute atomic E-state index is 12.4. The van der Waals surface area contributed by atoms with Crippen LogP contribution < -0.4 is 10.2 Å². The second kappa shape index (κ2) is 7.43. The van der Waals surface area contributed by atoms with E-state index in [-0.39, 0.29) is 30.8 Å². The molecule has 4 heterocycles. The third kappa shape index (κ3) is 3.28. The average molecular weight is 421 g/mol. The highest BCUT2D eigenvalue weighted by Crippen LogP contribution is 2.40. The zero-order valence-corrected chi connectivity index (χ0v) is 16.6. The third-order valence-corrected chi connectivity index (χ3v) is 5.50. The van der Waals surface area contributed by atoms with Gasteiger partial charge in [0.05, 0.1) is 18.3 Å². The van der Waals surface area contributed by atoms with Crippen LogP contribution in [0.4, 0.5) is 10.5 Å². The minimum Gasteiger partial charge on any atom is -0.442 e. The molecule has 11 nitrogen and oxygen atoms in total. The number of aliphatic hydroxyl groups excluding tert-OH is 1. The van der Waals surface area contributed by atoms with Crippen molar-refractivity contribution in [3.63, 3.8) is 0 Å². The molecule has 2 aliphatic rings. The number of aromatic nitrogens is 5. The van der Waals surface area contributed by atoms with E-state index in [0.717, 1.165) is 22.4 Å². The minimum atomic E-state index is -0.390. The summed E-state index contributed by atoms with van der Waals surface area (Å²) in [4.78, 5) is 29.7. The van der Waals surface area contributed by atoms with Crippen LogP contribution in [0, 0.1) is 0 Å². The van der Waals surface area contributed by atoms with Gasteiger partial charge in [-0.1, -0.05) is 6.07 Å². The number of rotatable bonds is 5. The Kier molecular flexibility index (Phi) is 4.59. The summed E-state index contributed by atoms with van der Waals surface area (Å²) in [6.45, 7) is 1.44. The van der Waals surface area contributed by atoms with Crippen molar-refractivity contribution in [2.75, 3.05) is 11.4 Å². The van der Waals surface area contributed by atoms with Crippen LogP contribution in [0.15, 0.2) is 36.5 Å². The summed E-state index contributed by atoms with van der Waals surface area (Å²) in [6.07, 6.45) is 1.59. The van der Waals surface area contributed by atoms with E-state index in [2.05, 4.69) is 25.8 Å². The van der Waals surface area contributed by atoms with Crippen molar-refractivity contribution >= 4 is 17.7 Å². The zero-order valence-electron chi connectivity index (χ0n) is 16.6. The first-order valence-corrected chi connectivity index (χ1v) is 9.77. The molecule has 0 radical (unpaired) electrons. The number of hydrogen-bond acceptors (Lipinski definition) is 8. The van der Waals surface area contributed by atoms with E-state index in [1.54, 1.807) is 17.2 Å². The number of aliphatic hydroxyl groups is 1. The Morgan fingerprint density at radius 3 is 2.87 bits per heavy atom. The fourth-order valence-corrected chi connectivity index (χ4v) is 4.04. The van der Waals surface area contributed by atoms with Crippen LogP contribution in [-0.4, -0.2) is 61.0 Å². The number of ether oxygens (including phenoxy) is 1. The van der Waals surface area contributed by atoms with Crippen molar-refractivity contribution in [3.8, 4) is 16.9 Å². The number of nitrogens with zero attached hydrogens (tertiary/aromatic N) is 6. The van der Waals surface area contributed by atoms with E-state index < -0.39 is 0 Å². The first kappa shape index (κ1) is 19.1. The van der Waals surface area contributed by atoms with E-state index in [1.165, 1.54) is 11.6 Å². The maximum atomic E-state index is 12.4. The number of fused-ring (bicyclic) bond motifs is 3. The number of benzene rings is 1. The van der Waals surface area contributed by atoms with Gasteiger partial charge < -0.3 is 15.2 Å². The van der Waals surface area contributed by atoms with Crippen molar-refractivity contribution in [2.24, 2.45) is 0 Å². The second-order valence-corrected chi connectivity index (χ2v) is 7.41. The molecule has 3 aromatic rings. The Bertz CT molecular complexity index is 1160. The number of tetrazole rings is 1. The van der Waals surface area contributed by atoms with Crippen LogP contribution in [0.5, 0.6) is 0 Å². The van der Waals surface area contributed by atoms with Crippen LogP contribution in [0.3, 0.4) is 0 Å². The fourth-order valence-electron chi connectivity index (χ4n) is 4.04. The molecule has 0 spiro atoms. The van der Waals surface area contributed by atoms with Gasteiger partial charge in [0.25, 0.3) is 0 Å². The first-order valence-electron chi connectivity index (χ1n) is 9.77. The number of carbonyl (C=O) groups is 2. The van der Waals surface area contributed by atoms with E-state index in [9.17, 15) is 14.7 Å². The lowest BCUT2D eigenvalue weighted by Crippen LogP contribution is -2.40. The molecule has 2 aromatic heterocycles. The predicted octanol–water partition coefficient (Wildman–Crippen LogP) is 0.603. The number of nitrogens with one attached hydrogen (secondary N) is 1. The summed E-state index contributed by atoms with van der Waals surface area (Å²) in [5, 5.41) is 23.2. The molecule has 1 saturated heterocycles. The zero-order chi connectivity index (χ0) is 21.5. The lowest BCUT2D eigenvalue weighted by atomic mass is 10.0. The number of anilines is 1. The van der Waals surface area contributed by atoms with E-state index in [0.29, 0.717) is 24.6 Å². The van der Waals surface area contributed by atoms with Crippen molar-refractivity contribution in [1.29, 1.82) is 0 Å². The van der Waals surface area contributed by atoms with E-state index >= 15 is 0 Å². The summed E-state index contributed by atoms with van der Waals surface area (Å²) < 4.78 is 6.82. The summed E-state index contributed by atoms with van der Waals surface area (Å²) in [7, 11) is 0. The highest BCUT2D eigenvalue weighted by molar-refractivity contribution is 5.94. The summed E-state index contributed by atoms with van der Waals surface area (Å²) >= 11 is 0. The number of carbonyl (C=O) groups excluding carboxylic acids is 2. The van der Waals surface area contributed by atoms with Crippen LogP contribution >= 0.6 is 0 Å². The van der Waals surface area contributed by atoms with Gasteiger partial charge in [0.1, 0.15) is 12.7 Å². The molecule has 0 aliphatic carbocycles. The molecule has 2 aliphatic heterocycles. The smallest absolute Gasteiger partial charge is 0.415 e. The van der Waals surface area contributed by atoms with Gasteiger partial charge in [0.2, 0.25) is 5.91 Å².